The molecule has 1 N–H and O–H groups in total. The largest absolute Gasteiger partial charge is 0.494 e. The maximum Gasteiger partial charge on any atom is 0.410 e. The van der Waals surface area contributed by atoms with E-state index in [9.17, 15) is 9.59 Å². The number of hydrogen-bond donors (Lipinski definition) is 1. The molecular formula is C29H46N2O5. The number of nitrogens with one attached hydrogen (secondary N) is 1. The highest BCUT2D eigenvalue weighted by Gasteiger charge is 2.27. The third-order valence-electron chi connectivity index (χ3n) is 6.65. The fourth-order valence-corrected chi connectivity index (χ4v) is 4.89. The van der Waals surface area contributed by atoms with Gasteiger partial charge in [-0.3, -0.25) is 4.79 Å². The van der Waals surface area contributed by atoms with Gasteiger partial charge in [0.2, 0.25) is 0 Å². The molecule has 1 aromatic rings. The molecule has 0 bridgehead atoms. The fourth-order valence-electron chi connectivity index (χ4n) is 4.89. The van der Waals surface area contributed by atoms with Crippen LogP contribution in [0.3, 0.4) is 0 Å². The van der Waals surface area contributed by atoms with Gasteiger partial charge in [0.25, 0.3) is 0 Å². The second kappa shape index (κ2) is 12.3. The highest BCUT2D eigenvalue weighted by Crippen LogP contribution is 2.27. The molecule has 36 heavy (non-hydrogen) atoms. The van der Waals surface area contributed by atoms with Crippen LogP contribution >= 0.6 is 0 Å². The monoisotopic (exact) mass is 502 g/mol. The Morgan fingerprint density at radius 1 is 0.972 bits per heavy atom. The summed E-state index contributed by atoms with van der Waals surface area (Å²) in [4.78, 5) is 26.0. The normalized spacial score (nSPS) is 18.9. The van der Waals surface area contributed by atoms with Crippen molar-refractivity contribution in [2.45, 2.75) is 104 Å². The molecule has 7 nitrogen and oxygen atoms in total. The van der Waals surface area contributed by atoms with Crippen molar-refractivity contribution in [3.63, 3.8) is 0 Å². The van der Waals surface area contributed by atoms with E-state index in [-0.39, 0.29) is 18.6 Å². The maximum atomic E-state index is 12.2. The summed E-state index contributed by atoms with van der Waals surface area (Å²) < 4.78 is 16.9. The van der Waals surface area contributed by atoms with Crippen molar-refractivity contribution in [1.29, 1.82) is 0 Å². The third-order valence-corrected chi connectivity index (χ3v) is 6.65. The number of benzene rings is 1. The number of rotatable bonds is 8. The number of nitrogens with zero attached hydrogens (tertiary/aromatic N) is 1. The van der Waals surface area contributed by atoms with Crippen LogP contribution in [0.25, 0.3) is 0 Å². The summed E-state index contributed by atoms with van der Waals surface area (Å²) in [6.45, 7) is 13.9. The van der Waals surface area contributed by atoms with E-state index in [0.717, 1.165) is 63.8 Å². The van der Waals surface area contributed by atoms with Crippen LogP contribution in [0.15, 0.2) is 18.2 Å². The van der Waals surface area contributed by atoms with E-state index >= 15 is 0 Å². The Bertz CT molecular complexity index is 879. The van der Waals surface area contributed by atoms with Gasteiger partial charge < -0.3 is 24.4 Å². The van der Waals surface area contributed by atoms with Crippen molar-refractivity contribution >= 4 is 12.1 Å². The predicted octanol–water partition coefficient (Wildman–Crippen LogP) is 5.28. The minimum atomic E-state index is -0.451. The molecule has 0 spiro atoms. The first-order valence-electron chi connectivity index (χ1n) is 13.6. The third kappa shape index (κ3) is 9.64. The van der Waals surface area contributed by atoms with Gasteiger partial charge in [0.1, 0.15) is 17.0 Å². The number of hydrogen-bond acceptors (Lipinski definition) is 6. The zero-order valence-electron chi connectivity index (χ0n) is 23.2. The minimum absolute atomic E-state index is 0.193. The van der Waals surface area contributed by atoms with Crippen LogP contribution in [-0.4, -0.2) is 60.4 Å². The van der Waals surface area contributed by atoms with Crippen LogP contribution in [0.2, 0.25) is 0 Å². The van der Waals surface area contributed by atoms with Crippen molar-refractivity contribution < 1.29 is 23.8 Å². The zero-order valence-corrected chi connectivity index (χ0v) is 23.2. The maximum absolute atomic E-state index is 12.2. The Morgan fingerprint density at radius 3 is 2.33 bits per heavy atom. The second-order valence-electron chi connectivity index (χ2n) is 12.2. The topological polar surface area (TPSA) is 77.1 Å². The average Bonchev–Trinajstić information content (AvgIpc) is 2.78. The van der Waals surface area contributed by atoms with Gasteiger partial charge in [-0.2, -0.15) is 0 Å². The van der Waals surface area contributed by atoms with Crippen LogP contribution in [0, 0.1) is 5.92 Å². The molecule has 1 saturated heterocycles. The van der Waals surface area contributed by atoms with Gasteiger partial charge in [-0.15, -0.1) is 0 Å². The lowest BCUT2D eigenvalue weighted by Crippen LogP contribution is -2.41. The molecule has 1 unspecified atom stereocenters. The van der Waals surface area contributed by atoms with Crippen LogP contribution in [0.1, 0.15) is 84.8 Å². The molecule has 1 heterocycles. The number of aryl methyl sites for hydroxylation is 1. The highest BCUT2D eigenvalue weighted by molar-refractivity contribution is 5.72. The van der Waals surface area contributed by atoms with Crippen molar-refractivity contribution in [3.8, 4) is 5.75 Å². The molecule has 1 atom stereocenters. The van der Waals surface area contributed by atoms with E-state index in [0.29, 0.717) is 18.6 Å². The Kier molecular flexibility index (Phi) is 9.67. The summed E-state index contributed by atoms with van der Waals surface area (Å²) >= 11 is 0. The Labute approximate surface area is 217 Å². The van der Waals surface area contributed by atoms with Gasteiger partial charge in [-0.1, -0.05) is 6.07 Å². The van der Waals surface area contributed by atoms with Gasteiger partial charge in [-0.25, -0.2) is 4.79 Å². The molecule has 202 valence electrons. The van der Waals surface area contributed by atoms with E-state index in [1.165, 1.54) is 11.1 Å². The summed E-state index contributed by atoms with van der Waals surface area (Å²) in [5.74, 6) is 1.38. The van der Waals surface area contributed by atoms with Gasteiger partial charge >= 0.3 is 12.1 Å². The first kappa shape index (κ1) is 28.3. The number of likely N-dealkylation sites (tertiary alicyclic amines) is 1. The predicted molar refractivity (Wildman–Crippen MR) is 141 cm³/mol. The number of esters is 1. The van der Waals surface area contributed by atoms with Gasteiger partial charge in [0, 0.05) is 19.1 Å². The van der Waals surface area contributed by atoms with Crippen molar-refractivity contribution in [3.05, 3.63) is 29.3 Å². The summed E-state index contributed by atoms with van der Waals surface area (Å²) in [6, 6.07) is 6.70. The molecular weight excluding hydrogens is 456 g/mol. The van der Waals surface area contributed by atoms with E-state index < -0.39 is 11.2 Å². The number of piperidine rings is 1. The summed E-state index contributed by atoms with van der Waals surface area (Å²) in [6.07, 6.45) is 6.91. The first-order chi connectivity index (χ1) is 16.9. The molecule has 0 aromatic heterocycles. The van der Waals surface area contributed by atoms with E-state index in [1.54, 1.807) is 0 Å². The van der Waals surface area contributed by atoms with Crippen LogP contribution in [0.4, 0.5) is 4.79 Å². The van der Waals surface area contributed by atoms with E-state index in [2.05, 4.69) is 23.5 Å². The zero-order chi connectivity index (χ0) is 26.3. The number of amides is 1. The molecule has 1 aromatic carbocycles. The number of ether oxygens (including phenoxy) is 3. The van der Waals surface area contributed by atoms with Gasteiger partial charge in [0.05, 0.1) is 13.2 Å². The lowest BCUT2D eigenvalue weighted by molar-refractivity contribution is -0.153. The Hall–Kier alpha value is -2.28. The Morgan fingerprint density at radius 2 is 1.67 bits per heavy atom. The smallest absolute Gasteiger partial charge is 0.410 e. The number of fused-ring (bicyclic) bond motifs is 1. The van der Waals surface area contributed by atoms with Crippen molar-refractivity contribution in [2.75, 3.05) is 26.2 Å². The quantitative estimate of drug-likeness (QED) is 0.385. The second-order valence-corrected chi connectivity index (χ2v) is 12.2. The SMILES string of the molecule is CC(C)(C)OC(=O)CNC1CCc2cc(OCCCC3CCN(C(=O)OC(C)(C)C)CC3)ccc2C1. The molecule has 1 aliphatic heterocycles. The Balaban J connectivity index is 1.33. The van der Waals surface area contributed by atoms with Gasteiger partial charge in [0.15, 0.2) is 0 Å². The molecule has 2 aliphatic rings. The summed E-state index contributed by atoms with van der Waals surface area (Å²) in [5.41, 5.74) is 1.78. The molecule has 0 radical (unpaired) electrons. The van der Waals surface area contributed by atoms with Crippen molar-refractivity contribution in [2.24, 2.45) is 5.92 Å². The molecule has 1 amide bonds. The minimum Gasteiger partial charge on any atom is -0.494 e. The average molecular weight is 503 g/mol. The number of carbonyl (C=O) groups is 2. The molecule has 3 rings (SSSR count). The van der Waals surface area contributed by atoms with Gasteiger partial charge in [-0.05, 0) is 116 Å². The highest BCUT2D eigenvalue weighted by atomic mass is 16.6. The van der Waals surface area contributed by atoms with Crippen LogP contribution in [-0.2, 0) is 27.1 Å². The van der Waals surface area contributed by atoms with E-state index in [1.807, 2.05) is 46.4 Å². The van der Waals surface area contributed by atoms with E-state index in [4.69, 9.17) is 14.2 Å². The lowest BCUT2D eigenvalue weighted by Gasteiger charge is -2.33. The first-order valence-corrected chi connectivity index (χ1v) is 13.6. The lowest BCUT2D eigenvalue weighted by atomic mass is 9.88. The van der Waals surface area contributed by atoms with Crippen LogP contribution in [0.5, 0.6) is 5.75 Å². The fraction of sp³-hybridized carbons (Fsp3) is 0.724. The van der Waals surface area contributed by atoms with Crippen molar-refractivity contribution in [1.82, 2.24) is 10.2 Å². The molecule has 0 saturated carbocycles. The molecule has 7 heteroatoms. The van der Waals surface area contributed by atoms with Crippen LogP contribution < -0.4 is 10.1 Å². The molecule has 1 aliphatic carbocycles. The standard InChI is InChI=1S/C29H46N2O5/c1-28(2,3)35-26(32)20-30-24-11-9-23-19-25(12-10-22(23)18-24)34-17-7-8-21-13-15-31(16-14-21)27(33)36-29(4,5)6/h10,12,19,21,24,30H,7-9,11,13-18,20H2,1-6H3. The summed E-state index contributed by atoms with van der Waals surface area (Å²) in [5, 5.41) is 3.36. The summed E-state index contributed by atoms with van der Waals surface area (Å²) in [7, 11) is 0. The number of carbonyl (C=O) groups excluding carboxylic acids is 2. The molecule has 1 fully saturated rings.